The SMILES string of the molecule is O=[N+]([O-])c1cc(S(=O)(=O)N2CCOCC2)ccc1NN=Cc1c[nH]c2ccc(Br)cc12. The molecule has 1 aromatic heterocycles. The molecule has 0 saturated carbocycles. The van der Waals surface area contributed by atoms with E-state index in [-0.39, 0.29) is 29.4 Å². The van der Waals surface area contributed by atoms with Crippen molar-refractivity contribution in [1.82, 2.24) is 9.29 Å². The molecule has 2 heterocycles. The molecule has 1 saturated heterocycles. The van der Waals surface area contributed by atoms with Crippen molar-refractivity contribution < 1.29 is 18.1 Å². The highest BCUT2D eigenvalue weighted by Gasteiger charge is 2.28. The first-order chi connectivity index (χ1) is 14.9. The van der Waals surface area contributed by atoms with Gasteiger partial charge < -0.3 is 9.72 Å². The van der Waals surface area contributed by atoms with Crippen molar-refractivity contribution in [2.45, 2.75) is 4.90 Å². The van der Waals surface area contributed by atoms with Crippen LogP contribution in [0.3, 0.4) is 0 Å². The summed E-state index contributed by atoms with van der Waals surface area (Å²) in [5, 5.41) is 16.6. The van der Waals surface area contributed by atoms with Gasteiger partial charge in [-0.2, -0.15) is 9.41 Å². The highest BCUT2D eigenvalue weighted by molar-refractivity contribution is 9.10. The maximum absolute atomic E-state index is 12.8. The van der Waals surface area contributed by atoms with E-state index in [2.05, 4.69) is 31.4 Å². The number of H-pyrrole nitrogens is 1. The van der Waals surface area contributed by atoms with Crippen molar-refractivity contribution >= 4 is 54.4 Å². The molecule has 0 amide bonds. The number of hydrogen-bond acceptors (Lipinski definition) is 7. The van der Waals surface area contributed by atoms with Crippen LogP contribution in [0.25, 0.3) is 10.9 Å². The number of aromatic nitrogens is 1. The highest BCUT2D eigenvalue weighted by atomic mass is 79.9. The van der Waals surface area contributed by atoms with Gasteiger partial charge in [-0.1, -0.05) is 15.9 Å². The number of morpholine rings is 1. The van der Waals surface area contributed by atoms with Crippen LogP contribution >= 0.6 is 15.9 Å². The molecule has 0 atom stereocenters. The number of nitro groups is 1. The molecular weight excluding hydrogens is 490 g/mol. The van der Waals surface area contributed by atoms with Gasteiger partial charge >= 0.3 is 0 Å². The van der Waals surface area contributed by atoms with Gasteiger partial charge in [0.1, 0.15) is 5.69 Å². The van der Waals surface area contributed by atoms with Gasteiger partial charge in [0, 0.05) is 46.3 Å². The molecule has 0 spiro atoms. The molecule has 3 aromatic rings. The molecule has 31 heavy (non-hydrogen) atoms. The number of sulfonamides is 1. The smallest absolute Gasteiger partial charge is 0.295 e. The van der Waals surface area contributed by atoms with Crippen LogP contribution in [0.1, 0.15) is 5.56 Å². The zero-order chi connectivity index (χ0) is 22.0. The quantitative estimate of drug-likeness (QED) is 0.299. The van der Waals surface area contributed by atoms with Gasteiger partial charge in [-0.05, 0) is 30.3 Å². The average Bonchev–Trinajstić information content (AvgIpc) is 3.16. The van der Waals surface area contributed by atoms with Crippen LogP contribution in [0, 0.1) is 10.1 Å². The van der Waals surface area contributed by atoms with Crippen molar-refractivity contribution in [2.75, 3.05) is 31.7 Å². The second-order valence-corrected chi connectivity index (χ2v) is 9.61. The fraction of sp³-hybridized carbons (Fsp3) is 0.211. The highest BCUT2D eigenvalue weighted by Crippen LogP contribution is 2.29. The molecule has 162 valence electrons. The monoisotopic (exact) mass is 507 g/mol. The summed E-state index contributed by atoms with van der Waals surface area (Å²) < 4.78 is 32.9. The molecule has 0 unspecified atom stereocenters. The Kier molecular flexibility index (Phi) is 6.05. The number of benzene rings is 2. The number of aromatic amines is 1. The van der Waals surface area contributed by atoms with Crippen LogP contribution in [-0.4, -0.2) is 55.1 Å². The van der Waals surface area contributed by atoms with Gasteiger partial charge in [-0.3, -0.25) is 15.5 Å². The Morgan fingerprint density at radius 3 is 2.74 bits per heavy atom. The normalized spacial score (nSPS) is 15.5. The van der Waals surface area contributed by atoms with Gasteiger partial charge in [0.05, 0.1) is 29.2 Å². The van der Waals surface area contributed by atoms with Gasteiger partial charge in [0.2, 0.25) is 10.0 Å². The zero-order valence-electron chi connectivity index (χ0n) is 16.1. The molecule has 12 heteroatoms. The molecule has 1 fully saturated rings. The van der Waals surface area contributed by atoms with Crippen molar-refractivity contribution in [2.24, 2.45) is 5.10 Å². The predicted molar refractivity (Wildman–Crippen MR) is 120 cm³/mol. The van der Waals surface area contributed by atoms with Crippen molar-refractivity contribution in [3.05, 3.63) is 62.7 Å². The first-order valence-corrected chi connectivity index (χ1v) is 11.5. The lowest BCUT2D eigenvalue weighted by Crippen LogP contribution is -2.40. The Morgan fingerprint density at radius 2 is 2.00 bits per heavy atom. The number of nitro benzene ring substituents is 1. The van der Waals surface area contributed by atoms with Crippen LogP contribution in [0.5, 0.6) is 0 Å². The van der Waals surface area contributed by atoms with Crippen LogP contribution < -0.4 is 5.43 Å². The number of nitrogens with one attached hydrogen (secondary N) is 2. The lowest BCUT2D eigenvalue weighted by atomic mass is 10.2. The third-order valence-electron chi connectivity index (χ3n) is 4.84. The van der Waals surface area contributed by atoms with Crippen LogP contribution in [0.4, 0.5) is 11.4 Å². The van der Waals surface area contributed by atoms with E-state index in [1.807, 2.05) is 18.2 Å². The first kappa shape index (κ1) is 21.4. The fourth-order valence-corrected chi connectivity index (χ4v) is 5.04. The molecule has 1 aliphatic heterocycles. The standard InChI is InChI=1S/C19H18BrN5O5S/c20-14-1-3-17-16(9-14)13(11-21-17)12-22-23-18-4-2-15(10-19(18)25(26)27)31(28,29)24-5-7-30-8-6-24/h1-4,9-12,21,23H,5-8H2. The molecule has 1 aliphatic rings. The topological polar surface area (TPSA) is 130 Å². The second kappa shape index (κ2) is 8.75. The van der Waals surface area contributed by atoms with E-state index in [0.29, 0.717) is 13.2 Å². The molecule has 0 radical (unpaired) electrons. The number of anilines is 1. The van der Waals surface area contributed by atoms with E-state index in [0.717, 1.165) is 27.0 Å². The third kappa shape index (κ3) is 4.46. The predicted octanol–water partition coefficient (Wildman–Crippen LogP) is 3.31. The maximum Gasteiger partial charge on any atom is 0.295 e. The first-order valence-electron chi connectivity index (χ1n) is 9.28. The van der Waals surface area contributed by atoms with Gasteiger partial charge in [0.25, 0.3) is 5.69 Å². The average molecular weight is 508 g/mol. The summed E-state index contributed by atoms with van der Waals surface area (Å²) >= 11 is 3.42. The largest absolute Gasteiger partial charge is 0.379 e. The van der Waals surface area contributed by atoms with E-state index in [1.54, 1.807) is 6.20 Å². The molecule has 2 aromatic carbocycles. The molecule has 4 rings (SSSR count). The van der Waals surface area contributed by atoms with Crippen LogP contribution in [-0.2, 0) is 14.8 Å². The summed E-state index contributed by atoms with van der Waals surface area (Å²) in [5.41, 5.74) is 4.06. The van der Waals surface area contributed by atoms with E-state index in [4.69, 9.17) is 4.74 Å². The van der Waals surface area contributed by atoms with E-state index in [9.17, 15) is 18.5 Å². The van der Waals surface area contributed by atoms with Crippen LogP contribution in [0.2, 0.25) is 0 Å². The van der Waals surface area contributed by atoms with Crippen molar-refractivity contribution in [1.29, 1.82) is 0 Å². The summed E-state index contributed by atoms with van der Waals surface area (Å²) in [7, 11) is -3.85. The lowest BCUT2D eigenvalue weighted by Gasteiger charge is -2.26. The van der Waals surface area contributed by atoms with E-state index >= 15 is 0 Å². The Hall–Kier alpha value is -2.80. The van der Waals surface area contributed by atoms with Gasteiger partial charge in [-0.15, -0.1) is 0 Å². The van der Waals surface area contributed by atoms with Crippen molar-refractivity contribution in [3.63, 3.8) is 0 Å². The summed E-state index contributed by atoms with van der Waals surface area (Å²) in [5.74, 6) is 0. The third-order valence-corrected chi connectivity index (χ3v) is 7.23. The number of rotatable bonds is 6. The summed E-state index contributed by atoms with van der Waals surface area (Å²) in [6.07, 6.45) is 3.31. The minimum absolute atomic E-state index is 0.0863. The Morgan fingerprint density at radius 1 is 1.23 bits per heavy atom. The van der Waals surface area contributed by atoms with Gasteiger partial charge in [0.15, 0.2) is 0 Å². The second-order valence-electron chi connectivity index (χ2n) is 6.76. The fourth-order valence-electron chi connectivity index (χ4n) is 3.25. The summed E-state index contributed by atoms with van der Waals surface area (Å²) in [6.45, 7) is 1.00. The Bertz CT molecular complexity index is 1270. The number of halogens is 1. The maximum atomic E-state index is 12.8. The van der Waals surface area contributed by atoms with Crippen molar-refractivity contribution in [3.8, 4) is 0 Å². The van der Waals surface area contributed by atoms with Crippen LogP contribution in [0.15, 0.2) is 57.1 Å². The number of nitrogens with zero attached hydrogens (tertiary/aromatic N) is 3. The van der Waals surface area contributed by atoms with E-state index in [1.165, 1.54) is 22.7 Å². The lowest BCUT2D eigenvalue weighted by molar-refractivity contribution is -0.384. The molecule has 0 aliphatic carbocycles. The molecule has 10 nitrogen and oxygen atoms in total. The van der Waals surface area contributed by atoms with Gasteiger partial charge in [-0.25, -0.2) is 8.42 Å². The minimum Gasteiger partial charge on any atom is -0.379 e. The molecule has 2 N–H and O–H groups in total. The Balaban J connectivity index is 1.59. The molecule has 0 bridgehead atoms. The zero-order valence-corrected chi connectivity index (χ0v) is 18.5. The summed E-state index contributed by atoms with van der Waals surface area (Å²) in [6, 6.07) is 9.48. The van der Waals surface area contributed by atoms with E-state index < -0.39 is 14.9 Å². The molecular formula is C19H18BrN5O5S. The number of fused-ring (bicyclic) bond motifs is 1. The number of ether oxygens (including phenoxy) is 1. The number of hydrogen-bond donors (Lipinski definition) is 2. The number of hydrazone groups is 1. The summed E-state index contributed by atoms with van der Waals surface area (Å²) in [4.78, 5) is 13.9. The Labute approximate surface area is 186 Å². The minimum atomic E-state index is -3.85.